The topological polar surface area (TPSA) is 28.5 Å². The van der Waals surface area contributed by atoms with Crippen molar-refractivity contribution in [1.29, 1.82) is 0 Å². The van der Waals surface area contributed by atoms with Gasteiger partial charge in [0.1, 0.15) is 0 Å². The Morgan fingerprint density at radius 3 is 2.46 bits per heavy atom. The molecule has 0 bridgehead atoms. The molecule has 2 aliphatic rings. The lowest BCUT2D eigenvalue weighted by Gasteiger charge is -2.40. The maximum Gasteiger partial charge on any atom is 0.253 e. The minimum absolute atomic E-state index is 0.163. The number of nitrogens with zero attached hydrogens (tertiary/aromatic N) is 3. The average molecular weight is 392 g/mol. The molecule has 144 valence electrons. The molecule has 5 rings (SSSR count). The number of amides is 1. The van der Waals surface area contributed by atoms with E-state index in [0.29, 0.717) is 6.04 Å². The number of carbonyl (C=O) groups is 1. The fraction of sp³-hybridized carbons (Fsp3) is 0.348. The highest BCUT2D eigenvalue weighted by atomic mass is 32.1. The van der Waals surface area contributed by atoms with E-state index in [1.165, 1.54) is 12.0 Å². The standard InChI is InChI=1S/C23H25N3OS/c27-23(18-3-5-20(6-4-18)24-11-1-2-12-24)25-13-7-21(8-14-25)26-15-9-22-19(17-26)10-16-28-22/h1-6,10-12,16,21H,7-9,13-15,17H2. The minimum atomic E-state index is 0.163. The van der Waals surface area contributed by atoms with Crippen LogP contribution in [0.2, 0.25) is 0 Å². The fourth-order valence-corrected chi connectivity index (χ4v) is 5.37. The lowest BCUT2D eigenvalue weighted by Crippen LogP contribution is -2.47. The van der Waals surface area contributed by atoms with E-state index in [9.17, 15) is 4.79 Å². The molecule has 5 heteroatoms. The number of rotatable bonds is 3. The number of piperidine rings is 1. The summed E-state index contributed by atoms with van der Waals surface area (Å²) in [6, 6.07) is 14.8. The molecule has 0 unspecified atom stereocenters. The van der Waals surface area contributed by atoms with Gasteiger partial charge in [0.15, 0.2) is 0 Å². The largest absolute Gasteiger partial charge is 0.339 e. The van der Waals surface area contributed by atoms with Gasteiger partial charge in [-0.1, -0.05) is 0 Å². The van der Waals surface area contributed by atoms with Crippen molar-refractivity contribution in [3.63, 3.8) is 0 Å². The van der Waals surface area contributed by atoms with Crippen molar-refractivity contribution >= 4 is 17.2 Å². The van der Waals surface area contributed by atoms with Gasteiger partial charge in [-0.25, -0.2) is 0 Å². The summed E-state index contributed by atoms with van der Waals surface area (Å²) in [6.45, 7) is 3.96. The molecule has 0 radical (unpaired) electrons. The van der Waals surface area contributed by atoms with Crippen LogP contribution in [-0.2, 0) is 13.0 Å². The van der Waals surface area contributed by atoms with E-state index in [1.54, 1.807) is 4.88 Å². The summed E-state index contributed by atoms with van der Waals surface area (Å²) in [5.41, 5.74) is 3.38. The summed E-state index contributed by atoms with van der Waals surface area (Å²) >= 11 is 1.89. The second-order valence-corrected chi connectivity index (χ2v) is 8.75. The third kappa shape index (κ3) is 3.40. The van der Waals surface area contributed by atoms with Crippen LogP contribution in [0.1, 0.15) is 33.6 Å². The SMILES string of the molecule is O=C(c1ccc(-n2cccc2)cc1)N1CCC(N2CCc3sccc3C2)CC1. The van der Waals surface area contributed by atoms with Crippen LogP contribution in [0.3, 0.4) is 0 Å². The Hall–Kier alpha value is -2.37. The van der Waals surface area contributed by atoms with Gasteiger partial charge >= 0.3 is 0 Å². The fourth-order valence-electron chi connectivity index (χ4n) is 4.48. The van der Waals surface area contributed by atoms with Crippen molar-refractivity contribution in [1.82, 2.24) is 14.4 Å². The number of benzene rings is 1. The van der Waals surface area contributed by atoms with Crippen LogP contribution in [0.5, 0.6) is 0 Å². The molecule has 3 aromatic rings. The molecule has 4 heterocycles. The number of aromatic nitrogens is 1. The Balaban J connectivity index is 1.19. The van der Waals surface area contributed by atoms with Crippen molar-refractivity contribution in [2.24, 2.45) is 0 Å². The summed E-state index contributed by atoms with van der Waals surface area (Å²) in [5, 5.41) is 2.22. The van der Waals surface area contributed by atoms with Crippen LogP contribution >= 0.6 is 11.3 Å². The Morgan fingerprint density at radius 1 is 0.964 bits per heavy atom. The summed E-state index contributed by atoms with van der Waals surface area (Å²) in [6.07, 6.45) is 7.36. The second kappa shape index (κ2) is 7.57. The Kier molecular flexibility index (Phi) is 4.79. The van der Waals surface area contributed by atoms with E-state index in [0.717, 1.165) is 50.3 Å². The van der Waals surface area contributed by atoms with Gasteiger partial charge in [0, 0.05) is 60.7 Å². The van der Waals surface area contributed by atoms with Gasteiger partial charge in [-0.2, -0.15) is 0 Å². The van der Waals surface area contributed by atoms with Gasteiger partial charge < -0.3 is 9.47 Å². The van der Waals surface area contributed by atoms with Gasteiger partial charge in [0.05, 0.1) is 0 Å². The van der Waals surface area contributed by atoms with E-state index >= 15 is 0 Å². The van der Waals surface area contributed by atoms with Crippen molar-refractivity contribution in [2.45, 2.75) is 31.8 Å². The molecule has 0 spiro atoms. The highest BCUT2D eigenvalue weighted by Crippen LogP contribution is 2.28. The second-order valence-electron chi connectivity index (χ2n) is 7.75. The molecule has 0 aliphatic carbocycles. The third-order valence-electron chi connectivity index (χ3n) is 6.12. The summed E-state index contributed by atoms with van der Waals surface area (Å²) in [4.78, 5) is 19.1. The molecule has 28 heavy (non-hydrogen) atoms. The Bertz CT molecular complexity index is 937. The molecule has 1 aromatic carbocycles. The summed E-state index contributed by atoms with van der Waals surface area (Å²) in [7, 11) is 0. The zero-order chi connectivity index (χ0) is 18.9. The van der Waals surface area contributed by atoms with Crippen LogP contribution in [0.15, 0.2) is 60.2 Å². The van der Waals surface area contributed by atoms with E-state index < -0.39 is 0 Å². The maximum atomic E-state index is 12.9. The first-order chi connectivity index (χ1) is 13.8. The van der Waals surface area contributed by atoms with Crippen LogP contribution in [0.4, 0.5) is 0 Å². The number of carbonyl (C=O) groups excluding carboxylic acids is 1. The number of fused-ring (bicyclic) bond motifs is 1. The monoisotopic (exact) mass is 391 g/mol. The van der Waals surface area contributed by atoms with E-state index in [4.69, 9.17) is 0 Å². The lowest BCUT2D eigenvalue weighted by atomic mass is 9.99. The molecule has 0 atom stereocenters. The molecule has 1 fully saturated rings. The molecular formula is C23H25N3OS. The number of hydrogen-bond acceptors (Lipinski definition) is 3. The van der Waals surface area contributed by atoms with Gasteiger partial charge in [0.2, 0.25) is 0 Å². The van der Waals surface area contributed by atoms with Crippen molar-refractivity contribution < 1.29 is 4.79 Å². The lowest BCUT2D eigenvalue weighted by molar-refractivity contribution is 0.0600. The predicted molar refractivity (Wildman–Crippen MR) is 113 cm³/mol. The molecule has 1 saturated heterocycles. The van der Waals surface area contributed by atoms with Gasteiger partial charge in [0.25, 0.3) is 5.91 Å². The smallest absolute Gasteiger partial charge is 0.253 e. The quantitative estimate of drug-likeness (QED) is 0.669. The molecule has 4 nitrogen and oxygen atoms in total. The first-order valence-corrected chi connectivity index (χ1v) is 11.0. The molecule has 2 aromatic heterocycles. The number of hydrogen-bond donors (Lipinski definition) is 0. The van der Waals surface area contributed by atoms with Gasteiger partial charge in [-0.05, 0) is 72.7 Å². The normalized spacial score (nSPS) is 18.2. The predicted octanol–water partition coefficient (Wildman–Crippen LogP) is 4.20. The van der Waals surface area contributed by atoms with Crippen molar-refractivity contribution in [3.8, 4) is 5.69 Å². The molecule has 2 aliphatic heterocycles. The number of thiophene rings is 1. The zero-order valence-corrected chi connectivity index (χ0v) is 16.8. The maximum absolute atomic E-state index is 12.9. The molecule has 0 saturated carbocycles. The minimum Gasteiger partial charge on any atom is -0.339 e. The number of likely N-dealkylation sites (tertiary alicyclic amines) is 1. The van der Waals surface area contributed by atoms with Crippen LogP contribution < -0.4 is 0 Å². The van der Waals surface area contributed by atoms with E-state index in [1.807, 2.05) is 65.0 Å². The summed E-state index contributed by atoms with van der Waals surface area (Å²) < 4.78 is 2.05. The highest BCUT2D eigenvalue weighted by molar-refractivity contribution is 7.10. The van der Waals surface area contributed by atoms with Gasteiger partial charge in [-0.3, -0.25) is 9.69 Å². The van der Waals surface area contributed by atoms with Gasteiger partial charge in [-0.15, -0.1) is 11.3 Å². The molecular weight excluding hydrogens is 366 g/mol. The average Bonchev–Trinajstić information content (AvgIpc) is 3.45. The Labute approximate surface area is 170 Å². The van der Waals surface area contributed by atoms with Crippen LogP contribution in [-0.4, -0.2) is 46.0 Å². The van der Waals surface area contributed by atoms with Crippen LogP contribution in [0, 0.1) is 0 Å². The Morgan fingerprint density at radius 2 is 1.71 bits per heavy atom. The van der Waals surface area contributed by atoms with Crippen molar-refractivity contribution in [2.75, 3.05) is 19.6 Å². The first-order valence-electron chi connectivity index (χ1n) is 10.1. The summed E-state index contributed by atoms with van der Waals surface area (Å²) in [5.74, 6) is 0.163. The van der Waals surface area contributed by atoms with E-state index in [-0.39, 0.29) is 5.91 Å². The third-order valence-corrected chi connectivity index (χ3v) is 7.15. The zero-order valence-electron chi connectivity index (χ0n) is 16.0. The molecule has 1 amide bonds. The molecule has 0 N–H and O–H groups in total. The van der Waals surface area contributed by atoms with Crippen LogP contribution in [0.25, 0.3) is 5.69 Å². The van der Waals surface area contributed by atoms with Crippen molar-refractivity contribution in [3.05, 3.63) is 76.2 Å². The first kappa shape index (κ1) is 17.7. The van der Waals surface area contributed by atoms with E-state index in [2.05, 4.69) is 20.9 Å². The highest BCUT2D eigenvalue weighted by Gasteiger charge is 2.29.